The third-order valence-electron chi connectivity index (χ3n) is 2.59. The number of hydrogen-bond donors (Lipinski definition) is 3. The first-order valence-corrected chi connectivity index (χ1v) is 5.55. The summed E-state index contributed by atoms with van der Waals surface area (Å²) in [5, 5.41) is 11.9. The molecule has 1 aromatic heterocycles. The van der Waals surface area contributed by atoms with Crippen LogP contribution in [0.5, 0.6) is 0 Å². The van der Waals surface area contributed by atoms with Crippen molar-refractivity contribution in [2.75, 3.05) is 13.1 Å². The van der Waals surface area contributed by atoms with Crippen molar-refractivity contribution in [3.63, 3.8) is 0 Å². The van der Waals surface area contributed by atoms with Crippen molar-refractivity contribution in [1.82, 2.24) is 10.3 Å². The van der Waals surface area contributed by atoms with Gasteiger partial charge in [0.05, 0.1) is 0 Å². The maximum absolute atomic E-state index is 11.4. The molecule has 1 rings (SSSR count). The first-order chi connectivity index (χ1) is 7.97. The monoisotopic (exact) mass is 237 g/mol. The highest BCUT2D eigenvalue weighted by Crippen LogP contribution is 2.19. The van der Waals surface area contributed by atoms with Crippen LogP contribution in [0.25, 0.3) is 0 Å². The van der Waals surface area contributed by atoms with Gasteiger partial charge in [0.25, 0.3) is 0 Å². The fourth-order valence-electron chi connectivity index (χ4n) is 1.39. The summed E-state index contributed by atoms with van der Waals surface area (Å²) in [6, 6.07) is 5.66. The second-order valence-electron chi connectivity index (χ2n) is 4.57. The molecule has 5 heteroatoms. The van der Waals surface area contributed by atoms with E-state index in [-0.39, 0.29) is 12.0 Å². The van der Waals surface area contributed by atoms with E-state index in [1.807, 2.05) is 32.0 Å². The molecule has 0 aliphatic carbocycles. The van der Waals surface area contributed by atoms with Crippen LogP contribution in [0.2, 0.25) is 0 Å². The lowest BCUT2D eigenvalue weighted by Crippen LogP contribution is -2.44. The van der Waals surface area contributed by atoms with E-state index in [0.717, 1.165) is 5.69 Å². The summed E-state index contributed by atoms with van der Waals surface area (Å²) in [4.78, 5) is 15.6. The molecule has 1 unspecified atom stereocenters. The van der Waals surface area contributed by atoms with Crippen molar-refractivity contribution in [3.05, 3.63) is 30.1 Å². The van der Waals surface area contributed by atoms with Crippen LogP contribution >= 0.6 is 0 Å². The Morgan fingerprint density at radius 3 is 2.82 bits per heavy atom. The predicted molar refractivity (Wildman–Crippen MR) is 65.3 cm³/mol. The Kier molecular flexibility index (Phi) is 4.60. The zero-order valence-corrected chi connectivity index (χ0v) is 10.2. The SMILES string of the molecule is CC(C)(CNC(=O)C(O)CN)c1ccccn1. The predicted octanol–water partition coefficient (Wildman–Crippen LogP) is -0.205. The van der Waals surface area contributed by atoms with Crippen molar-refractivity contribution in [1.29, 1.82) is 0 Å². The molecule has 0 aliphatic heterocycles. The lowest BCUT2D eigenvalue weighted by atomic mass is 9.88. The fraction of sp³-hybridized carbons (Fsp3) is 0.500. The van der Waals surface area contributed by atoms with Gasteiger partial charge in [0.15, 0.2) is 0 Å². The number of nitrogens with one attached hydrogen (secondary N) is 1. The van der Waals surface area contributed by atoms with Crippen molar-refractivity contribution in [2.24, 2.45) is 5.73 Å². The van der Waals surface area contributed by atoms with Crippen LogP contribution in [0.3, 0.4) is 0 Å². The molecule has 0 aliphatic rings. The van der Waals surface area contributed by atoms with Crippen molar-refractivity contribution in [3.8, 4) is 0 Å². The zero-order chi connectivity index (χ0) is 12.9. The quantitative estimate of drug-likeness (QED) is 0.661. The van der Waals surface area contributed by atoms with Crippen LogP contribution in [0.4, 0.5) is 0 Å². The highest BCUT2D eigenvalue weighted by atomic mass is 16.3. The summed E-state index contributed by atoms with van der Waals surface area (Å²) >= 11 is 0. The number of aromatic nitrogens is 1. The van der Waals surface area contributed by atoms with Gasteiger partial charge in [-0.1, -0.05) is 19.9 Å². The molecule has 0 saturated carbocycles. The minimum Gasteiger partial charge on any atom is -0.382 e. The minimum absolute atomic E-state index is 0.0736. The van der Waals surface area contributed by atoms with E-state index in [1.54, 1.807) is 6.20 Å². The molecule has 5 nitrogen and oxygen atoms in total. The molecule has 1 atom stereocenters. The number of nitrogens with two attached hydrogens (primary N) is 1. The molecule has 4 N–H and O–H groups in total. The van der Waals surface area contributed by atoms with Gasteiger partial charge >= 0.3 is 0 Å². The van der Waals surface area contributed by atoms with Gasteiger partial charge in [-0.15, -0.1) is 0 Å². The van der Waals surface area contributed by atoms with Crippen LogP contribution in [-0.2, 0) is 10.2 Å². The maximum atomic E-state index is 11.4. The Hall–Kier alpha value is -1.46. The highest BCUT2D eigenvalue weighted by Gasteiger charge is 2.23. The molecule has 0 aromatic carbocycles. The Labute approximate surface area is 101 Å². The van der Waals surface area contributed by atoms with E-state index in [1.165, 1.54) is 0 Å². The molecule has 0 spiro atoms. The van der Waals surface area contributed by atoms with E-state index in [4.69, 9.17) is 5.73 Å². The topological polar surface area (TPSA) is 88.2 Å². The normalized spacial score (nSPS) is 13.2. The number of carbonyl (C=O) groups excluding carboxylic acids is 1. The van der Waals surface area contributed by atoms with Crippen LogP contribution in [0, 0.1) is 0 Å². The van der Waals surface area contributed by atoms with E-state index in [0.29, 0.717) is 6.54 Å². The Morgan fingerprint density at radius 1 is 1.59 bits per heavy atom. The molecule has 1 aromatic rings. The van der Waals surface area contributed by atoms with E-state index in [9.17, 15) is 9.90 Å². The maximum Gasteiger partial charge on any atom is 0.250 e. The molecular weight excluding hydrogens is 218 g/mol. The number of hydrogen-bond acceptors (Lipinski definition) is 4. The molecule has 0 radical (unpaired) electrons. The van der Waals surface area contributed by atoms with Gasteiger partial charge in [-0.3, -0.25) is 9.78 Å². The summed E-state index contributed by atoms with van der Waals surface area (Å²) < 4.78 is 0. The van der Waals surface area contributed by atoms with Gasteiger partial charge in [-0.05, 0) is 12.1 Å². The second-order valence-corrected chi connectivity index (χ2v) is 4.57. The molecule has 1 heterocycles. The molecule has 0 bridgehead atoms. The summed E-state index contributed by atoms with van der Waals surface area (Å²) in [6.07, 6.45) is 0.572. The summed E-state index contributed by atoms with van der Waals surface area (Å²) in [5.41, 5.74) is 5.80. The summed E-state index contributed by atoms with van der Waals surface area (Å²) in [5.74, 6) is -0.448. The Bertz CT molecular complexity index is 365. The summed E-state index contributed by atoms with van der Waals surface area (Å²) in [7, 11) is 0. The first-order valence-electron chi connectivity index (χ1n) is 5.55. The molecule has 0 saturated heterocycles. The lowest BCUT2D eigenvalue weighted by Gasteiger charge is -2.24. The van der Waals surface area contributed by atoms with E-state index < -0.39 is 12.0 Å². The number of nitrogens with zero attached hydrogens (tertiary/aromatic N) is 1. The average molecular weight is 237 g/mol. The molecular formula is C12H19N3O2. The average Bonchev–Trinajstić information content (AvgIpc) is 2.36. The van der Waals surface area contributed by atoms with Crippen LogP contribution in [0.15, 0.2) is 24.4 Å². The number of amides is 1. The third kappa shape index (κ3) is 3.80. The highest BCUT2D eigenvalue weighted by molar-refractivity contribution is 5.80. The molecule has 17 heavy (non-hydrogen) atoms. The number of aliphatic hydroxyl groups is 1. The van der Waals surface area contributed by atoms with Gasteiger partial charge in [0, 0.05) is 30.4 Å². The smallest absolute Gasteiger partial charge is 0.250 e. The van der Waals surface area contributed by atoms with Crippen LogP contribution in [-0.4, -0.2) is 35.2 Å². The Balaban J connectivity index is 2.59. The van der Waals surface area contributed by atoms with Gasteiger partial charge in [-0.2, -0.15) is 0 Å². The van der Waals surface area contributed by atoms with E-state index in [2.05, 4.69) is 10.3 Å². The van der Waals surface area contributed by atoms with Crippen LogP contribution < -0.4 is 11.1 Å². The van der Waals surface area contributed by atoms with Crippen molar-refractivity contribution >= 4 is 5.91 Å². The number of pyridine rings is 1. The van der Waals surface area contributed by atoms with Crippen LogP contribution in [0.1, 0.15) is 19.5 Å². The minimum atomic E-state index is -1.14. The fourth-order valence-corrected chi connectivity index (χ4v) is 1.39. The van der Waals surface area contributed by atoms with Gasteiger partial charge in [-0.25, -0.2) is 0 Å². The number of aliphatic hydroxyl groups excluding tert-OH is 1. The molecule has 94 valence electrons. The van der Waals surface area contributed by atoms with Crippen molar-refractivity contribution in [2.45, 2.75) is 25.4 Å². The standard InChI is InChI=1S/C12H19N3O2/c1-12(2,10-5-3-4-6-14-10)8-15-11(17)9(16)7-13/h3-6,9,16H,7-8,13H2,1-2H3,(H,15,17). The molecule has 0 fully saturated rings. The largest absolute Gasteiger partial charge is 0.382 e. The van der Waals surface area contributed by atoms with Gasteiger partial charge in [0.2, 0.25) is 5.91 Å². The Morgan fingerprint density at radius 2 is 2.29 bits per heavy atom. The lowest BCUT2D eigenvalue weighted by molar-refractivity contribution is -0.129. The van der Waals surface area contributed by atoms with Gasteiger partial charge < -0.3 is 16.2 Å². The zero-order valence-electron chi connectivity index (χ0n) is 10.2. The number of rotatable bonds is 5. The second kappa shape index (κ2) is 5.75. The third-order valence-corrected chi connectivity index (χ3v) is 2.59. The van der Waals surface area contributed by atoms with Crippen molar-refractivity contribution < 1.29 is 9.90 Å². The summed E-state index contributed by atoms with van der Waals surface area (Å²) in [6.45, 7) is 4.28. The molecule has 1 amide bonds. The number of carbonyl (C=O) groups is 1. The van der Waals surface area contributed by atoms with E-state index >= 15 is 0 Å². The first kappa shape index (κ1) is 13.6. The van der Waals surface area contributed by atoms with Gasteiger partial charge in [0.1, 0.15) is 6.10 Å².